The molecule has 1 saturated heterocycles. The third-order valence-electron chi connectivity index (χ3n) is 7.82. The van der Waals surface area contributed by atoms with Gasteiger partial charge < -0.3 is 15.2 Å². The van der Waals surface area contributed by atoms with Gasteiger partial charge in [-0.15, -0.1) is 0 Å². The van der Waals surface area contributed by atoms with Crippen LogP contribution in [0, 0.1) is 31.1 Å². The van der Waals surface area contributed by atoms with Gasteiger partial charge in [0.05, 0.1) is 33.6 Å². The van der Waals surface area contributed by atoms with Gasteiger partial charge in [-0.1, -0.05) is 11.2 Å². The molecule has 2 amide bonds. The van der Waals surface area contributed by atoms with E-state index in [1.165, 1.54) is 3.97 Å². The van der Waals surface area contributed by atoms with Crippen LogP contribution in [0.3, 0.4) is 0 Å². The fraction of sp³-hybridized carbons (Fsp3) is 0.357. The molecule has 0 radical (unpaired) electrons. The van der Waals surface area contributed by atoms with Gasteiger partial charge >= 0.3 is 0 Å². The number of nitriles is 1. The first-order chi connectivity index (χ1) is 18.6. The topological polar surface area (TPSA) is 152 Å². The van der Waals surface area contributed by atoms with Crippen molar-refractivity contribution in [3.8, 4) is 17.2 Å². The monoisotopic (exact) mass is 545 g/mol. The lowest BCUT2D eigenvalue weighted by Crippen LogP contribution is -2.38. The maximum Gasteiger partial charge on any atom is 0.253 e. The summed E-state index contributed by atoms with van der Waals surface area (Å²) in [6.45, 7) is 4.48. The molecule has 1 aliphatic heterocycles. The van der Waals surface area contributed by atoms with Crippen molar-refractivity contribution in [3.63, 3.8) is 0 Å². The summed E-state index contributed by atoms with van der Waals surface area (Å²) >= 11 is 0. The van der Waals surface area contributed by atoms with Gasteiger partial charge in [-0.25, -0.2) is 12.4 Å². The second-order valence-corrected chi connectivity index (χ2v) is 12.5. The quantitative estimate of drug-likeness (QED) is 0.399. The van der Waals surface area contributed by atoms with E-state index in [9.17, 15) is 23.3 Å². The highest BCUT2D eigenvalue weighted by atomic mass is 32.2. The van der Waals surface area contributed by atoms with Gasteiger partial charge in [0.25, 0.3) is 11.8 Å². The Hall–Kier alpha value is -4.17. The average Bonchev–Trinajstić information content (AvgIpc) is 3.67. The maximum absolute atomic E-state index is 13.8. The summed E-state index contributed by atoms with van der Waals surface area (Å²) in [7, 11) is -3.88. The Labute approximate surface area is 225 Å². The fourth-order valence-corrected chi connectivity index (χ4v) is 7.55. The number of carbonyl (C=O) groups excluding carboxylic acids is 2. The molecule has 1 aliphatic carbocycles. The lowest BCUT2D eigenvalue weighted by Gasteiger charge is -2.29. The number of primary amides is 1. The molecule has 0 bridgehead atoms. The normalized spacial score (nSPS) is 16.6. The van der Waals surface area contributed by atoms with Crippen LogP contribution in [0.5, 0.6) is 0 Å². The van der Waals surface area contributed by atoms with Crippen LogP contribution in [0.2, 0.25) is 0 Å². The van der Waals surface area contributed by atoms with Crippen LogP contribution < -0.4 is 5.73 Å². The Balaban J connectivity index is 1.61. The fourth-order valence-electron chi connectivity index (χ4n) is 5.64. The molecular formula is C28H27N5O5S. The third-order valence-corrected chi connectivity index (χ3v) is 10.0. The average molecular weight is 546 g/mol. The Morgan fingerprint density at radius 2 is 1.79 bits per heavy atom. The Bertz CT molecular complexity index is 1810. The van der Waals surface area contributed by atoms with Crippen molar-refractivity contribution in [2.75, 3.05) is 13.1 Å². The molecule has 10 nitrogen and oxygen atoms in total. The predicted molar refractivity (Wildman–Crippen MR) is 145 cm³/mol. The first-order valence-corrected chi connectivity index (χ1v) is 14.4. The smallest absolute Gasteiger partial charge is 0.253 e. The number of nitrogens with zero attached hydrogens (tertiary/aromatic N) is 4. The zero-order valence-electron chi connectivity index (χ0n) is 21.6. The van der Waals surface area contributed by atoms with Crippen molar-refractivity contribution >= 4 is 43.6 Å². The van der Waals surface area contributed by atoms with Crippen molar-refractivity contribution < 1.29 is 22.5 Å². The van der Waals surface area contributed by atoms with Gasteiger partial charge in [0.2, 0.25) is 10.0 Å². The van der Waals surface area contributed by atoms with Crippen LogP contribution in [0.15, 0.2) is 34.9 Å². The van der Waals surface area contributed by atoms with E-state index in [0.717, 1.165) is 0 Å². The van der Waals surface area contributed by atoms with E-state index in [-0.39, 0.29) is 22.9 Å². The lowest BCUT2D eigenvalue weighted by atomic mass is 9.97. The van der Waals surface area contributed by atoms with E-state index in [4.69, 9.17) is 10.3 Å². The predicted octanol–water partition coefficient (Wildman–Crippen LogP) is 3.88. The molecule has 0 unspecified atom stereocenters. The number of carbonyl (C=O) groups is 2. The summed E-state index contributed by atoms with van der Waals surface area (Å²) < 4.78 is 34.1. The summed E-state index contributed by atoms with van der Waals surface area (Å²) in [5.74, 6) is -0.493. The number of likely N-dealkylation sites (tertiary alicyclic amines) is 1. The van der Waals surface area contributed by atoms with Crippen molar-refractivity contribution in [2.24, 2.45) is 11.7 Å². The van der Waals surface area contributed by atoms with Gasteiger partial charge in [0, 0.05) is 40.9 Å². The van der Waals surface area contributed by atoms with Crippen molar-refractivity contribution in [3.05, 3.63) is 52.9 Å². The summed E-state index contributed by atoms with van der Waals surface area (Å²) in [5.41, 5.74) is 8.75. The van der Waals surface area contributed by atoms with Gasteiger partial charge in [-0.3, -0.25) is 9.59 Å². The number of nitrogens with two attached hydrogens (primary N) is 1. The Kier molecular flexibility index (Phi) is 5.77. The van der Waals surface area contributed by atoms with E-state index < -0.39 is 21.2 Å². The van der Waals surface area contributed by atoms with Crippen LogP contribution in [0.1, 0.15) is 57.9 Å². The van der Waals surface area contributed by atoms with Crippen molar-refractivity contribution in [2.45, 2.75) is 44.8 Å². The molecule has 11 heteroatoms. The number of hydrogen-bond acceptors (Lipinski definition) is 7. The highest BCUT2D eigenvalue weighted by molar-refractivity contribution is 7.91. The number of aromatic nitrogens is 2. The second-order valence-electron chi connectivity index (χ2n) is 10.4. The SMILES string of the molecule is Cc1noc(C)c1-c1cc(C(N)=O)c2c(c1)c1ccc(C(=O)N3CCC(C#N)CC3)cc1n2S(=O)(=O)C1CC1. The van der Waals surface area contributed by atoms with Crippen LogP contribution in [0.4, 0.5) is 0 Å². The molecule has 2 aromatic heterocycles. The molecule has 1 saturated carbocycles. The lowest BCUT2D eigenvalue weighted by molar-refractivity contribution is 0.0707. The molecule has 200 valence electrons. The maximum atomic E-state index is 13.8. The zero-order valence-corrected chi connectivity index (χ0v) is 22.4. The van der Waals surface area contributed by atoms with E-state index in [1.54, 1.807) is 43.0 Å². The minimum absolute atomic E-state index is 0.0642. The molecule has 4 aromatic rings. The van der Waals surface area contributed by atoms with Gasteiger partial charge in [-0.2, -0.15) is 5.26 Å². The van der Waals surface area contributed by atoms with Gasteiger partial charge in [-0.05, 0) is 69.4 Å². The number of rotatable bonds is 5. The van der Waals surface area contributed by atoms with Gasteiger partial charge in [0.15, 0.2) is 0 Å². The molecule has 2 N–H and O–H groups in total. The Morgan fingerprint density at radius 1 is 1.08 bits per heavy atom. The molecule has 2 aromatic carbocycles. The number of amides is 2. The standard InChI is InChI=1S/C28H27N5O5S/c1-15-25(16(2)38-31-15)19-11-22-21-6-3-18(28(35)32-9-7-17(14-29)8-10-32)13-24(21)33(39(36,37)20-4-5-20)26(22)23(12-19)27(30)34/h3,6,11-13,17,20H,4-5,7-10H2,1-2H3,(H2,30,34). The van der Waals surface area contributed by atoms with Crippen molar-refractivity contribution in [1.82, 2.24) is 14.0 Å². The van der Waals surface area contributed by atoms with E-state index in [0.29, 0.717) is 83.2 Å². The number of fused-ring (bicyclic) bond motifs is 3. The summed E-state index contributed by atoms with van der Waals surface area (Å²) in [5, 5.41) is 13.8. The zero-order chi connectivity index (χ0) is 27.6. The largest absolute Gasteiger partial charge is 0.366 e. The van der Waals surface area contributed by atoms with E-state index in [1.807, 2.05) is 6.07 Å². The van der Waals surface area contributed by atoms with Crippen LogP contribution in [0.25, 0.3) is 32.9 Å². The van der Waals surface area contributed by atoms with Crippen molar-refractivity contribution in [1.29, 1.82) is 5.26 Å². The van der Waals surface area contributed by atoms with Crippen LogP contribution >= 0.6 is 0 Å². The first kappa shape index (κ1) is 25.1. The second kappa shape index (κ2) is 8.95. The highest BCUT2D eigenvalue weighted by Crippen LogP contribution is 2.41. The number of aryl methyl sites for hydroxylation is 2. The number of hydrogen-bond donors (Lipinski definition) is 1. The summed E-state index contributed by atoms with van der Waals surface area (Å²) in [4.78, 5) is 27.9. The van der Waals surface area contributed by atoms with E-state index in [2.05, 4.69) is 11.2 Å². The van der Waals surface area contributed by atoms with Crippen LogP contribution in [-0.2, 0) is 10.0 Å². The van der Waals surface area contributed by atoms with Crippen LogP contribution in [-0.4, -0.2) is 52.6 Å². The third kappa shape index (κ3) is 3.98. The Morgan fingerprint density at radius 3 is 2.38 bits per heavy atom. The molecule has 2 fully saturated rings. The molecule has 39 heavy (non-hydrogen) atoms. The number of piperidine rings is 1. The molecule has 6 rings (SSSR count). The minimum atomic E-state index is -3.88. The first-order valence-electron chi connectivity index (χ1n) is 12.9. The molecule has 2 aliphatic rings. The molecule has 0 atom stereocenters. The van der Waals surface area contributed by atoms with E-state index >= 15 is 0 Å². The van der Waals surface area contributed by atoms with Gasteiger partial charge in [0.1, 0.15) is 5.76 Å². The highest BCUT2D eigenvalue weighted by Gasteiger charge is 2.40. The summed E-state index contributed by atoms with van der Waals surface area (Å²) in [6, 6.07) is 10.7. The molecular weight excluding hydrogens is 518 g/mol. The molecule has 3 heterocycles. The number of benzene rings is 2. The summed E-state index contributed by atoms with van der Waals surface area (Å²) in [6.07, 6.45) is 2.26. The minimum Gasteiger partial charge on any atom is -0.366 e. The molecule has 0 spiro atoms.